The highest BCUT2D eigenvalue weighted by Gasteiger charge is 2.46. The number of piperidine rings is 1. The van der Waals surface area contributed by atoms with Crippen LogP contribution in [0.4, 0.5) is 0 Å². The second-order valence-electron chi connectivity index (χ2n) is 7.72. The first kappa shape index (κ1) is 20.4. The summed E-state index contributed by atoms with van der Waals surface area (Å²) in [4.78, 5) is 32.4. The molecule has 0 spiro atoms. The fourth-order valence-electron chi connectivity index (χ4n) is 4.21. The number of hydrogen-bond acceptors (Lipinski definition) is 5. The number of likely N-dealkylation sites (tertiary alicyclic amines) is 1. The highest BCUT2D eigenvalue weighted by Crippen LogP contribution is 2.40. The lowest BCUT2D eigenvalue weighted by molar-refractivity contribution is -0.163. The summed E-state index contributed by atoms with van der Waals surface area (Å²) < 4.78 is 5.41. The Hall–Kier alpha value is -2.37. The fourth-order valence-corrected chi connectivity index (χ4v) is 4.21. The van der Waals surface area contributed by atoms with E-state index in [-0.39, 0.29) is 18.0 Å². The molecule has 1 amide bonds. The van der Waals surface area contributed by atoms with Crippen molar-refractivity contribution in [3.05, 3.63) is 35.4 Å². The van der Waals surface area contributed by atoms with Crippen LogP contribution in [0, 0.1) is 12.3 Å². The van der Waals surface area contributed by atoms with Crippen LogP contribution >= 0.6 is 0 Å². The molecule has 28 heavy (non-hydrogen) atoms. The van der Waals surface area contributed by atoms with Crippen LogP contribution in [-0.2, 0) is 19.2 Å². The Kier molecular flexibility index (Phi) is 6.37. The molecule has 1 aromatic carbocycles. The molecule has 1 saturated heterocycles. The molecule has 2 aliphatic heterocycles. The van der Waals surface area contributed by atoms with Crippen molar-refractivity contribution < 1.29 is 19.2 Å². The third kappa shape index (κ3) is 4.21. The lowest BCUT2D eigenvalue weighted by Gasteiger charge is -2.40. The van der Waals surface area contributed by atoms with Crippen molar-refractivity contribution in [1.29, 1.82) is 0 Å². The number of rotatable bonds is 6. The number of esters is 1. The van der Waals surface area contributed by atoms with Gasteiger partial charge in [0.15, 0.2) is 0 Å². The Labute approximate surface area is 166 Å². The molecule has 2 aliphatic rings. The van der Waals surface area contributed by atoms with Crippen LogP contribution in [0.15, 0.2) is 29.4 Å². The van der Waals surface area contributed by atoms with E-state index in [1.54, 1.807) is 0 Å². The number of aryl methyl sites for hydroxylation is 1. The molecule has 3 rings (SSSR count). The van der Waals surface area contributed by atoms with Gasteiger partial charge < -0.3 is 14.5 Å². The van der Waals surface area contributed by atoms with Gasteiger partial charge in [-0.05, 0) is 32.3 Å². The van der Waals surface area contributed by atoms with Crippen molar-refractivity contribution in [1.82, 2.24) is 4.90 Å². The molecule has 1 aromatic rings. The van der Waals surface area contributed by atoms with E-state index in [0.29, 0.717) is 51.8 Å². The van der Waals surface area contributed by atoms with E-state index in [9.17, 15) is 9.59 Å². The topological polar surface area (TPSA) is 68.2 Å². The number of carbonyl (C=O) groups is 2. The first-order chi connectivity index (χ1) is 13.5. The SMILES string of the molecule is CCOC(=O)C1(CC2CC(c3ccccc3C)=NO2)CCN(C(=O)CC)CC1. The average Bonchev–Trinajstić information content (AvgIpc) is 3.16. The maximum absolute atomic E-state index is 12.8. The van der Waals surface area contributed by atoms with Gasteiger partial charge in [-0.2, -0.15) is 0 Å². The normalized spacial score (nSPS) is 21.0. The lowest BCUT2D eigenvalue weighted by Crippen LogP contribution is -2.48. The van der Waals surface area contributed by atoms with E-state index in [1.807, 2.05) is 30.9 Å². The third-order valence-corrected chi connectivity index (χ3v) is 5.89. The van der Waals surface area contributed by atoms with Crippen LogP contribution in [-0.4, -0.2) is 48.3 Å². The third-order valence-electron chi connectivity index (χ3n) is 5.89. The van der Waals surface area contributed by atoms with Crippen LogP contribution in [0.5, 0.6) is 0 Å². The van der Waals surface area contributed by atoms with E-state index in [0.717, 1.165) is 16.8 Å². The predicted octanol–water partition coefficient (Wildman–Crippen LogP) is 3.46. The number of amides is 1. The maximum Gasteiger partial charge on any atom is 0.312 e. The number of carbonyl (C=O) groups excluding carboxylic acids is 2. The van der Waals surface area contributed by atoms with Crippen LogP contribution in [0.1, 0.15) is 57.1 Å². The van der Waals surface area contributed by atoms with Gasteiger partial charge in [0, 0.05) is 37.9 Å². The van der Waals surface area contributed by atoms with Crippen molar-refractivity contribution in [3.8, 4) is 0 Å². The van der Waals surface area contributed by atoms with Crippen molar-refractivity contribution in [2.45, 2.75) is 59.0 Å². The zero-order valence-corrected chi connectivity index (χ0v) is 17.1. The van der Waals surface area contributed by atoms with Crippen molar-refractivity contribution in [3.63, 3.8) is 0 Å². The molecule has 1 fully saturated rings. The second kappa shape index (κ2) is 8.76. The number of oxime groups is 1. The van der Waals surface area contributed by atoms with Crippen LogP contribution in [0.25, 0.3) is 0 Å². The minimum atomic E-state index is -0.609. The molecule has 0 aromatic heterocycles. The Balaban J connectivity index is 1.69. The molecule has 6 nitrogen and oxygen atoms in total. The van der Waals surface area contributed by atoms with Gasteiger partial charge in [-0.3, -0.25) is 9.59 Å². The largest absolute Gasteiger partial charge is 0.466 e. The molecule has 0 saturated carbocycles. The number of hydrogen-bond donors (Lipinski definition) is 0. The van der Waals surface area contributed by atoms with Crippen LogP contribution in [0.3, 0.4) is 0 Å². The summed E-state index contributed by atoms with van der Waals surface area (Å²) >= 11 is 0. The second-order valence-corrected chi connectivity index (χ2v) is 7.72. The Bertz CT molecular complexity index is 751. The van der Waals surface area contributed by atoms with Gasteiger partial charge in [-0.25, -0.2) is 0 Å². The zero-order chi connectivity index (χ0) is 20.1. The summed E-state index contributed by atoms with van der Waals surface area (Å²) in [5.74, 6) is -0.0358. The molecule has 1 unspecified atom stereocenters. The Morgan fingerprint density at radius 3 is 2.61 bits per heavy atom. The zero-order valence-electron chi connectivity index (χ0n) is 17.1. The number of benzene rings is 1. The van der Waals surface area contributed by atoms with Crippen molar-refractivity contribution in [2.75, 3.05) is 19.7 Å². The van der Waals surface area contributed by atoms with Gasteiger partial charge in [0.2, 0.25) is 5.91 Å². The van der Waals surface area contributed by atoms with Gasteiger partial charge >= 0.3 is 5.97 Å². The van der Waals surface area contributed by atoms with Gasteiger partial charge in [0.05, 0.1) is 17.7 Å². The quantitative estimate of drug-likeness (QED) is 0.702. The van der Waals surface area contributed by atoms with Gasteiger partial charge in [-0.1, -0.05) is 36.3 Å². The summed E-state index contributed by atoms with van der Waals surface area (Å²) in [5.41, 5.74) is 2.58. The van der Waals surface area contributed by atoms with Crippen molar-refractivity contribution in [2.24, 2.45) is 10.6 Å². The molecule has 0 bridgehead atoms. The molecule has 2 heterocycles. The molecule has 0 N–H and O–H groups in total. The average molecular weight is 386 g/mol. The lowest BCUT2D eigenvalue weighted by atomic mass is 9.73. The first-order valence-corrected chi connectivity index (χ1v) is 10.2. The van der Waals surface area contributed by atoms with E-state index >= 15 is 0 Å². The van der Waals surface area contributed by atoms with Gasteiger partial charge in [0.1, 0.15) is 6.10 Å². The predicted molar refractivity (Wildman–Crippen MR) is 107 cm³/mol. The Morgan fingerprint density at radius 2 is 1.96 bits per heavy atom. The monoisotopic (exact) mass is 386 g/mol. The van der Waals surface area contributed by atoms with Crippen molar-refractivity contribution >= 4 is 17.6 Å². The summed E-state index contributed by atoms with van der Waals surface area (Å²) in [6, 6.07) is 8.12. The summed E-state index contributed by atoms with van der Waals surface area (Å²) in [6.07, 6.45) is 2.81. The minimum absolute atomic E-state index is 0.139. The summed E-state index contributed by atoms with van der Waals surface area (Å²) in [5, 5.41) is 4.31. The maximum atomic E-state index is 12.8. The van der Waals surface area contributed by atoms with Gasteiger partial charge in [-0.15, -0.1) is 0 Å². The highest BCUT2D eigenvalue weighted by molar-refractivity contribution is 6.02. The first-order valence-electron chi connectivity index (χ1n) is 10.2. The fraction of sp³-hybridized carbons (Fsp3) is 0.591. The summed E-state index contributed by atoms with van der Waals surface area (Å²) in [6.45, 7) is 7.28. The van der Waals surface area contributed by atoms with E-state index in [1.165, 1.54) is 0 Å². The highest BCUT2D eigenvalue weighted by atomic mass is 16.6. The van der Waals surface area contributed by atoms with E-state index in [2.05, 4.69) is 24.2 Å². The molecule has 152 valence electrons. The minimum Gasteiger partial charge on any atom is -0.466 e. The molecular weight excluding hydrogens is 356 g/mol. The molecule has 0 aliphatic carbocycles. The number of nitrogens with zero attached hydrogens (tertiary/aromatic N) is 2. The van der Waals surface area contributed by atoms with E-state index < -0.39 is 5.41 Å². The Morgan fingerprint density at radius 1 is 1.25 bits per heavy atom. The molecule has 6 heteroatoms. The molecule has 1 atom stereocenters. The van der Waals surface area contributed by atoms with Crippen LogP contribution in [0.2, 0.25) is 0 Å². The summed E-state index contributed by atoms with van der Waals surface area (Å²) in [7, 11) is 0. The molecule has 0 radical (unpaired) electrons. The standard InChI is InChI=1S/C22H30N2O4/c1-4-20(25)24-12-10-22(11-13-24,21(26)27-5-2)15-17-14-19(23-28-17)18-9-7-6-8-16(18)3/h6-9,17H,4-5,10-15H2,1-3H3. The molecular formula is C22H30N2O4. The van der Waals surface area contributed by atoms with Crippen LogP contribution < -0.4 is 0 Å². The number of ether oxygens (including phenoxy) is 1. The van der Waals surface area contributed by atoms with Gasteiger partial charge in [0.25, 0.3) is 0 Å². The smallest absolute Gasteiger partial charge is 0.312 e. The van der Waals surface area contributed by atoms with E-state index in [4.69, 9.17) is 9.57 Å².